The molecule has 3 aromatic heterocycles. The molecule has 0 radical (unpaired) electrons. The highest BCUT2D eigenvalue weighted by Gasteiger charge is 2.20. The lowest BCUT2D eigenvalue weighted by atomic mass is 9.99. The van der Waals surface area contributed by atoms with E-state index in [0.717, 1.165) is 66.3 Å². The molecule has 0 saturated carbocycles. The monoisotopic (exact) mass is 486 g/mol. The number of nitrogens with zero attached hydrogens (tertiary/aromatic N) is 7. The lowest BCUT2D eigenvalue weighted by molar-refractivity contribution is 0.211. The van der Waals surface area contributed by atoms with Crippen molar-refractivity contribution >= 4 is 11.5 Å². The Morgan fingerprint density at radius 2 is 1.70 bits per heavy atom. The molecule has 8 nitrogen and oxygen atoms in total. The molecule has 0 bridgehead atoms. The van der Waals surface area contributed by atoms with Gasteiger partial charge in [-0.05, 0) is 30.0 Å². The van der Waals surface area contributed by atoms with E-state index in [1.807, 2.05) is 53.5 Å². The number of anilines is 1. The molecular formula is C29H26N8. The molecule has 0 unspecified atom stereocenters. The summed E-state index contributed by atoms with van der Waals surface area (Å²) in [4.78, 5) is 20.1. The van der Waals surface area contributed by atoms with Gasteiger partial charge >= 0.3 is 0 Å². The first-order chi connectivity index (χ1) is 18.3. The minimum absolute atomic E-state index is 0.196. The summed E-state index contributed by atoms with van der Waals surface area (Å²) in [6, 6.07) is 23.2. The number of hydrogen-bond donors (Lipinski definition) is 1. The first-order valence-electron chi connectivity index (χ1n) is 12.5. The van der Waals surface area contributed by atoms with Gasteiger partial charge in [0.15, 0.2) is 0 Å². The highest BCUT2D eigenvalue weighted by molar-refractivity contribution is 5.89. The molecule has 1 saturated heterocycles. The Kier molecular flexibility index (Phi) is 6.28. The molecule has 1 aliphatic heterocycles. The molecule has 0 atom stereocenters. The van der Waals surface area contributed by atoms with Crippen LogP contribution < -0.4 is 5.32 Å². The first kappa shape index (κ1) is 22.8. The van der Waals surface area contributed by atoms with E-state index < -0.39 is 0 Å². The van der Waals surface area contributed by atoms with Crippen LogP contribution in [0.3, 0.4) is 0 Å². The zero-order valence-electron chi connectivity index (χ0n) is 20.3. The van der Waals surface area contributed by atoms with E-state index in [9.17, 15) is 0 Å². The van der Waals surface area contributed by atoms with E-state index in [4.69, 9.17) is 10.2 Å². The molecule has 8 heteroatoms. The smallest absolute Gasteiger partial charge is 0.234 e. The maximum absolute atomic E-state index is 9.01. The van der Waals surface area contributed by atoms with Gasteiger partial charge in [0.25, 0.3) is 0 Å². The minimum atomic E-state index is 0.196. The normalized spacial score (nSPS) is 14.5. The van der Waals surface area contributed by atoms with E-state index in [1.165, 1.54) is 5.56 Å². The fourth-order valence-electron chi connectivity index (χ4n) is 4.94. The van der Waals surface area contributed by atoms with Crippen LogP contribution in [0.5, 0.6) is 0 Å². The van der Waals surface area contributed by atoms with Crippen molar-refractivity contribution < 1.29 is 0 Å². The van der Waals surface area contributed by atoms with Gasteiger partial charge in [0, 0.05) is 49.8 Å². The highest BCUT2D eigenvalue weighted by atomic mass is 15.1. The summed E-state index contributed by atoms with van der Waals surface area (Å²) < 4.78 is 1.96. The maximum atomic E-state index is 9.01. The average Bonchev–Trinajstić information content (AvgIpc) is 3.44. The number of nitrogens with one attached hydrogen (secondary N) is 1. The van der Waals surface area contributed by atoms with Crippen molar-refractivity contribution in [3.05, 3.63) is 97.0 Å². The largest absolute Gasteiger partial charge is 0.367 e. The van der Waals surface area contributed by atoms with E-state index in [1.54, 1.807) is 6.20 Å². The zero-order chi connectivity index (χ0) is 25.0. The van der Waals surface area contributed by atoms with Gasteiger partial charge in [-0.15, -0.1) is 0 Å². The van der Waals surface area contributed by atoms with Crippen LogP contribution in [-0.4, -0.2) is 48.4 Å². The van der Waals surface area contributed by atoms with Crippen LogP contribution in [0.4, 0.5) is 5.82 Å². The SMILES string of the molecule is N#Cc1nccc(NC2CCN(Cc3ccc(-c4ncn5ccnc5c4-c4ccccc4)cc3)CC2)n1. The Balaban J connectivity index is 1.14. The number of imidazole rings is 1. The average molecular weight is 487 g/mol. The van der Waals surface area contributed by atoms with Gasteiger partial charge in [-0.25, -0.2) is 19.9 Å². The number of likely N-dealkylation sites (tertiary alicyclic amines) is 1. The van der Waals surface area contributed by atoms with Crippen molar-refractivity contribution in [1.29, 1.82) is 5.26 Å². The van der Waals surface area contributed by atoms with Crippen molar-refractivity contribution in [2.75, 3.05) is 18.4 Å². The predicted octanol–water partition coefficient (Wildman–Crippen LogP) is 4.80. The van der Waals surface area contributed by atoms with Crippen LogP contribution in [0.15, 0.2) is 85.6 Å². The van der Waals surface area contributed by atoms with Crippen LogP contribution in [0, 0.1) is 11.3 Å². The zero-order valence-corrected chi connectivity index (χ0v) is 20.3. The Morgan fingerprint density at radius 3 is 2.49 bits per heavy atom. The molecule has 1 fully saturated rings. The second kappa shape index (κ2) is 10.2. The lowest BCUT2D eigenvalue weighted by Gasteiger charge is -2.32. The molecule has 0 aliphatic carbocycles. The fourth-order valence-corrected chi connectivity index (χ4v) is 4.94. The molecule has 1 N–H and O–H groups in total. The summed E-state index contributed by atoms with van der Waals surface area (Å²) in [5, 5.41) is 12.5. The van der Waals surface area contributed by atoms with E-state index in [2.05, 4.69) is 61.6 Å². The number of hydrogen-bond acceptors (Lipinski definition) is 7. The Hall–Kier alpha value is -4.61. The molecule has 37 heavy (non-hydrogen) atoms. The summed E-state index contributed by atoms with van der Waals surface area (Å²) in [5.41, 5.74) is 6.36. The summed E-state index contributed by atoms with van der Waals surface area (Å²) in [6.45, 7) is 2.93. The number of piperidine rings is 1. The van der Waals surface area contributed by atoms with Gasteiger partial charge in [-0.1, -0.05) is 54.6 Å². The van der Waals surface area contributed by atoms with Crippen LogP contribution >= 0.6 is 0 Å². The van der Waals surface area contributed by atoms with Crippen molar-refractivity contribution in [2.24, 2.45) is 0 Å². The third kappa shape index (κ3) is 4.90. The van der Waals surface area contributed by atoms with Crippen LogP contribution in [0.25, 0.3) is 28.0 Å². The number of nitriles is 1. The van der Waals surface area contributed by atoms with Crippen LogP contribution in [-0.2, 0) is 6.54 Å². The lowest BCUT2D eigenvalue weighted by Crippen LogP contribution is -2.38. The quantitative estimate of drug-likeness (QED) is 0.368. The van der Waals surface area contributed by atoms with Gasteiger partial charge < -0.3 is 5.32 Å². The molecule has 2 aromatic carbocycles. The van der Waals surface area contributed by atoms with Gasteiger partial charge in [-0.3, -0.25) is 9.30 Å². The minimum Gasteiger partial charge on any atom is -0.367 e. The van der Waals surface area contributed by atoms with Crippen LogP contribution in [0.2, 0.25) is 0 Å². The maximum Gasteiger partial charge on any atom is 0.234 e. The summed E-state index contributed by atoms with van der Waals surface area (Å²) in [6.07, 6.45) is 9.25. The van der Waals surface area contributed by atoms with E-state index in [0.29, 0.717) is 6.04 Å². The molecule has 182 valence electrons. The molecule has 4 heterocycles. The van der Waals surface area contributed by atoms with Gasteiger partial charge in [0.1, 0.15) is 23.9 Å². The summed E-state index contributed by atoms with van der Waals surface area (Å²) >= 11 is 0. The molecular weight excluding hydrogens is 460 g/mol. The third-order valence-corrected chi connectivity index (χ3v) is 6.83. The standard InChI is InChI=1S/C29H26N8/c30-18-26-31-13-10-25(35-26)34-24-11-15-36(16-12-24)19-21-6-8-23(9-7-21)28-27(22-4-2-1-3-5-22)29-32-14-17-37(29)20-33-28/h1-10,13-14,17,20,24H,11-12,15-16,19H2,(H,31,34,35). The molecule has 0 amide bonds. The number of benzene rings is 2. The Morgan fingerprint density at radius 1 is 0.892 bits per heavy atom. The molecule has 6 rings (SSSR count). The van der Waals surface area contributed by atoms with Crippen molar-refractivity contribution in [3.63, 3.8) is 0 Å². The van der Waals surface area contributed by atoms with Crippen LogP contribution in [0.1, 0.15) is 24.2 Å². The first-order valence-corrected chi connectivity index (χ1v) is 12.5. The Labute approximate surface area is 215 Å². The molecule has 5 aromatic rings. The second-order valence-electron chi connectivity index (χ2n) is 9.26. The molecule has 0 spiro atoms. The van der Waals surface area contributed by atoms with E-state index >= 15 is 0 Å². The third-order valence-electron chi connectivity index (χ3n) is 6.83. The number of aromatic nitrogens is 5. The summed E-state index contributed by atoms with van der Waals surface area (Å²) in [7, 11) is 0. The van der Waals surface area contributed by atoms with Gasteiger partial charge in [0.05, 0.1) is 11.3 Å². The molecule has 1 aliphatic rings. The van der Waals surface area contributed by atoms with E-state index in [-0.39, 0.29) is 5.82 Å². The van der Waals surface area contributed by atoms with Crippen molar-refractivity contribution in [1.82, 2.24) is 29.2 Å². The predicted molar refractivity (Wildman–Crippen MR) is 143 cm³/mol. The summed E-state index contributed by atoms with van der Waals surface area (Å²) in [5.74, 6) is 0.916. The topological polar surface area (TPSA) is 95.0 Å². The van der Waals surface area contributed by atoms with Gasteiger partial charge in [-0.2, -0.15) is 5.26 Å². The number of fused-ring (bicyclic) bond motifs is 1. The fraction of sp³-hybridized carbons (Fsp3) is 0.207. The van der Waals surface area contributed by atoms with Gasteiger partial charge in [0.2, 0.25) is 5.82 Å². The highest BCUT2D eigenvalue weighted by Crippen LogP contribution is 2.33. The van der Waals surface area contributed by atoms with Crippen molar-refractivity contribution in [3.8, 4) is 28.5 Å². The second-order valence-corrected chi connectivity index (χ2v) is 9.26. The van der Waals surface area contributed by atoms with Crippen molar-refractivity contribution in [2.45, 2.75) is 25.4 Å². The Bertz CT molecular complexity index is 1540. The number of rotatable bonds is 6.